The van der Waals surface area contributed by atoms with Crippen molar-refractivity contribution < 1.29 is 23.6 Å². The van der Waals surface area contributed by atoms with Crippen LogP contribution in [0.2, 0.25) is 0 Å². The highest BCUT2D eigenvalue weighted by Crippen LogP contribution is 2.14. The van der Waals surface area contributed by atoms with Crippen molar-refractivity contribution in [3.63, 3.8) is 0 Å². The molecule has 0 saturated carbocycles. The van der Waals surface area contributed by atoms with E-state index in [1.54, 1.807) is 48.8 Å². The molecule has 4 N–H and O–H groups in total. The summed E-state index contributed by atoms with van der Waals surface area (Å²) in [6.45, 7) is 4.00. The van der Waals surface area contributed by atoms with Crippen LogP contribution in [-0.4, -0.2) is 34.8 Å². The molecule has 0 unspecified atom stereocenters. The van der Waals surface area contributed by atoms with Crippen molar-refractivity contribution in [2.24, 2.45) is 5.10 Å². The van der Waals surface area contributed by atoms with Crippen molar-refractivity contribution >= 4 is 35.5 Å². The molecule has 2 heterocycles. The molecule has 1 aromatic carbocycles. The second kappa shape index (κ2) is 11.9. The lowest BCUT2D eigenvalue weighted by Crippen LogP contribution is -2.37. The smallest absolute Gasteiger partial charge is 0.329 e. The minimum Gasteiger partial charge on any atom is -0.458 e. The van der Waals surface area contributed by atoms with Crippen LogP contribution >= 0.6 is 0 Å². The van der Waals surface area contributed by atoms with E-state index in [0.29, 0.717) is 11.4 Å². The van der Waals surface area contributed by atoms with Gasteiger partial charge in [-0.05, 0) is 66.9 Å². The van der Waals surface area contributed by atoms with E-state index in [1.807, 2.05) is 19.9 Å². The number of carbonyl (C=O) groups is 4. The summed E-state index contributed by atoms with van der Waals surface area (Å²) in [6, 6.07) is 11.9. The van der Waals surface area contributed by atoms with E-state index in [-0.39, 0.29) is 18.8 Å². The molecule has 0 saturated heterocycles. The highest BCUT2D eigenvalue weighted by molar-refractivity contribution is 6.39. The van der Waals surface area contributed by atoms with Gasteiger partial charge in [0.15, 0.2) is 0 Å². The molecule has 0 bridgehead atoms. The summed E-state index contributed by atoms with van der Waals surface area (Å²) in [4.78, 5) is 51.6. The van der Waals surface area contributed by atoms with Crippen molar-refractivity contribution in [2.45, 2.75) is 26.9 Å². The normalized spacial score (nSPS) is 10.6. The monoisotopic (exact) mass is 476 g/mol. The number of hydrogen-bond acceptors (Lipinski definition) is 7. The third-order valence-corrected chi connectivity index (χ3v) is 4.84. The van der Waals surface area contributed by atoms with Gasteiger partial charge in [0.05, 0.1) is 12.8 Å². The standard InChI is InChI=1S/C24H24N6O5/c1-15-3-4-18(11-16(15)2)29-23(33)21(31)27-13-19-5-6-20(35-19)14-28-30-24(34)22(32)26-12-17-7-9-25-10-8-17/h3-11,14H,12-13H2,1-2H3,(H,26,32)(H,27,31)(H,29,33)(H,30,34)/b28-14+. The van der Waals surface area contributed by atoms with Crippen LogP contribution in [0.4, 0.5) is 5.69 Å². The Balaban J connectivity index is 1.41. The maximum absolute atomic E-state index is 12.1. The first-order valence-corrected chi connectivity index (χ1v) is 10.6. The van der Waals surface area contributed by atoms with Gasteiger partial charge in [0.1, 0.15) is 11.5 Å². The first-order chi connectivity index (χ1) is 16.8. The average molecular weight is 476 g/mol. The molecule has 0 radical (unpaired) electrons. The SMILES string of the molecule is Cc1ccc(NC(=O)C(=O)NCc2ccc(/C=N/NC(=O)C(=O)NCc3ccncc3)o2)cc1C. The van der Waals surface area contributed by atoms with Gasteiger partial charge in [0.2, 0.25) is 0 Å². The number of aromatic nitrogens is 1. The van der Waals surface area contributed by atoms with Crippen LogP contribution in [0.5, 0.6) is 0 Å². The fourth-order valence-corrected chi connectivity index (χ4v) is 2.78. The zero-order chi connectivity index (χ0) is 25.2. The highest BCUT2D eigenvalue weighted by atomic mass is 16.3. The van der Waals surface area contributed by atoms with Gasteiger partial charge in [-0.3, -0.25) is 24.2 Å². The maximum atomic E-state index is 12.1. The van der Waals surface area contributed by atoms with Gasteiger partial charge >= 0.3 is 23.6 Å². The number of rotatable bonds is 7. The van der Waals surface area contributed by atoms with Crippen molar-refractivity contribution in [1.29, 1.82) is 0 Å². The van der Waals surface area contributed by atoms with E-state index in [0.717, 1.165) is 16.7 Å². The largest absolute Gasteiger partial charge is 0.458 e. The van der Waals surface area contributed by atoms with Crippen LogP contribution in [0.1, 0.15) is 28.2 Å². The Morgan fingerprint density at radius 1 is 0.857 bits per heavy atom. The third-order valence-electron chi connectivity index (χ3n) is 4.84. The molecule has 0 fully saturated rings. The predicted octanol–water partition coefficient (Wildman–Crippen LogP) is 1.31. The lowest BCUT2D eigenvalue weighted by molar-refractivity contribution is -0.139. The first kappa shape index (κ1) is 24.8. The average Bonchev–Trinajstić information content (AvgIpc) is 3.31. The van der Waals surface area contributed by atoms with Crippen LogP contribution in [0.25, 0.3) is 0 Å². The van der Waals surface area contributed by atoms with Crippen molar-refractivity contribution in [3.8, 4) is 0 Å². The fourth-order valence-electron chi connectivity index (χ4n) is 2.78. The van der Waals surface area contributed by atoms with Gasteiger partial charge in [-0.25, -0.2) is 5.43 Å². The maximum Gasteiger partial charge on any atom is 0.329 e. The number of hydrazone groups is 1. The van der Waals surface area contributed by atoms with Crippen LogP contribution in [0, 0.1) is 13.8 Å². The number of pyridine rings is 1. The van der Waals surface area contributed by atoms with E-state index in [4.69, 9.17) is 4.42 Å². The molecule has 0 atom stereocenters. The molecule has 3 aromatic rings. The Kier molecular flexibility index (Phi) is 8.43. The second-order valence-corrected chi connectivity index (χ2v) is 7.48. The van der Waals surface area contributed by atoms with Crippen molar-refractivity contribution in [2.75, 3.05) is 5.32 Å². The van der Waals surface area contributed by atoms with Crippen molar-refractivity contribution in [1.82, 2.24) is 21.0 Å². The second-order valence-electron chi connectivity index (χ2n) is 7.48. The van der Waals surface area contributed by atoms with Gasteiger partial charge < -0.3 is 20.4 Å². The number of carbonyl (C=O) groups excluding carboxylic acids is 4. The van der Waals surface area contributed by atoms with Gasteiger partial charge in [-0.2, -0.15) is 5.10 Å². The molecule has 180 valence electrons. The molecular weight excluding hydrogens is 452 g/mol. The summed E-state index contributed by atoms with van der Waals surface area (Å²) in [6.07, 6.45) is 4.36. The lowest BCUT2D eigenvalue weighted by atomic mass is 10.1. The Bertz CT molecular complexity index is 1250. The molecule has 4 amide bonds. The summed E-state index contributed by atoms with van der Waals surface area (Å²) in [5, 5.41) is 11.1. The lowest BCUT2D eigenvalue weighted by Gasteiger charge is -2.07. The molecule has 0 aliphatic heterocycles. The Labute approximate surface area is 201 Å². The van der Waals surface area contributed by atoms with E-state index in [9.17, 15) is 19.2 Å². The first-order valence-electron chi connectivity index (χ1n) is 10.6. The molecule has 3 rings (SSSR count). The molecule has 0 spiro atoms. The Morgan fingerprint density at radius 3 is 2.31 bits per heavy atom. The Hall–Kier alpha value is -4.80. The number of nitrogens with zero attached hydrogens (tertiary/aromatic N) is 2. The third kappa shape index (κ3) is 7.63. The number of nitrogens with one attached hydrogen (secondary N) is 4. The quantitative estimate of drug-likeness (QED) is 0.229. The molecular formula is C24H24N6O5. The number of aryl methyl sites for hydroxylation is 2. The summed E-state index contributed by atoms with van der Waals surface area (Å²) in [7, 11) is 0. The molecule has 11 heteroatoms. The zero-order valence-corrected chi connectivity index (χ0v) is 19.1. The molecule has 0 aliphatic carbocycles. The number of furan rings is 1. The van der Waals surface area contributed by atoms with E-state index in [2.05, 4.69) is 31.5 Å². The van der Waals surface area contributed by atoms with E-state index < -0.39 is 23.6 Å². The minimum atomic E-state index is -0.941. The van der Waals surface area contributed by atoms with E-state index >= 15 is 0 Å². The summed E-state index contributed by atoms with van der Waals surface area (Å²) in [5.74, 6) is -2.78. The molecule has 2 aromatic heterocycles. The predicted molar refractivity (Wildman–Crippen MR) is 127 cm³/mol. The Morgan fingerprint density at radius 2 is 1.57 bits per heavy atom. The van der Waals surface area contributed by atoms with E-state index in [1.165, 1.54) is 6.21 Å². The summed E-state index contributed by atoms with van der Waals surface area (Å²) >= 11 is 0. The number of hydrogen-bond donors (Lipinski definition) is 4. The highest BCUT2D eigenvalue weighted by Gasteiger charge is 2.15. The number of amides is 4. The van der Waals surface area contributed by atoms with Gasteiger partial charge in [0, 0.05) is 24.6 Å². The van der Waals surface area contributed by atoms with Crippen LogP contribution in [0.15, 0.2) is 64.4 Å². The fraction of sp³-hybridized carbons (Fsp3) is 0.167. The van der Waals surface area contributed by atoms with Crippen molar-refractivity contribution in [3.05, 3.63) is 83.1 Å². The minimum absolute atomic E-state index is 0.0310. The molecule has 0 aliphatic rings. The number of anilines is 1. The summed E-state index contributed by atoms with van der Waals surface area (Å²) < 4.78 is 5.46. The van der Waals surface area contributed by atoms with Gasteiger partial charge in [-0.1, -0.05) is 6.07 Å². The zero-order valence-electron chi connectivity index (χ0n) is 19.1. The van der Waals surface area contributed by atoms with Crippen LogP contribution in [0.3, 0.4) is 0 Å². The topological polar surface area (TPSA) is 155 Å². The molecule has 35 heavy (non-hydrogen) atoms. The number of benzene rings is 1. The van der Waals surface area contributed by atoms with Crippen LogP contribution < -0.4 is 21.4 Å². The van der Waals surface area contributed by atoms with Gasteiger partial charge in [0.25, 0.3) is 0 Å². The summed E-state index contributed by atoms with van der Waals surface area (Å²) in [5.41, 5.74) is 5.49. The van der Waals surface area contributed by atoms with Crippen LogP contribution in [-0.2, 0) is 32.3 Å². The molecule has 11 nitrogen and oxygen atoms in total. The van der Waals surface area contributed by atoms with Gasteiger partial charge in [-0.15, -0.1) is 0 Å².